The topological polar surface area (TPSA) is 78.2 Å². The van der Waals surface area contributed by atoms with Crippen LogP contribution in [0.5, 0.6) is 0 Å². The zero-order valence-electron chi connectivity index (χ0n) is 24.4. The Hall–Kier alpha value is -2.99. The maximum Gasteiger partial charge on any atom is 0.283 e. The normalized spacial score (nSPS) is 18.1. The van der Waals surface area contributed by atoms with Gasteiger partial charge in [0.05, 0.1) is 30.4 Å². The summed E-state index contributed by atoms with van der Waals surface area (Å²) in [6, 6.07) is 2.19. The highest BCUT2D eigenvalue weighted by Gasteiger charge is 2.25. The average molecular weight is 743 g/mol. The molecule has 1 aromatic carbocycles. The Kier molecular flexibility index (Phi) is 13.4. The number of halogens is 4. The molecular formula is C30H35ClF2IN6O2P. The molecule has 0 spiro atoms. The maximum absolute atomic E-state index is 15.9. The van der Waals surface area contributed by atoms with E-state index in [1.54, 1.807) is 42.5 Å². The minimum Gasteiger partial charge on any atom is -0.594 e. The highest BCUT2D eigenvalue weighted by Crippen LogP contribution is 2.36. The first kappa shape index (κ1) is 34.5. The molecule has 2 aliphatic rings. The van der Waals surface area contributed by atoms with Crippen molar-refractivity contribution in [1.29, 1.82) is 0 Å². The molecule has 0 fully saturated rings. The minimum atomic E-state index is -0.989. The summed E-state index contributed by atoms with van der Waals surface area (Å²) in [7, 11) is 1.39. The number of methoxy groups -OCH3 is 1. The second-order valence-electron chi connectivity index (χ2n) is 9.33. The molecule has 0 aliphatic carbocycles. The summed E-state index contributed by atoms with van der Waals surface area (Å²) in [4.78, 5) is 3.80. The second-order valence-corrected chi connectivity index (χ2v) is 11.8. The molecule has 0 saturated carbocycles. The number of nitrogens with one attached hydrogen (secondary N) is 2. The Balaban J connectivity index is 2.04. The summed E-state index contributed by atoms with van der Waals surface area (Å²) in [6.07, 6.45) is 17.3. The molecule has 8 nitrogen and oxygen atoms in total. The largest absolute Gasteiger partial charge is 0.594 e. The van der Waals surface area contributed by atoms with Crippen LogP contribution in [0.25, 0.3) is 5.57 Å². The van der Waals surface area contributed by atoms with Crippen molar-refractivity contribution < 1.29 is 18.4 Å². The Morgan fingerprint density at radius 1 is 1.28 bits per heavy atom. The fourth-order valence-corrected chi connectivity index (χ4v) is 5.46. The summed E-state index contributed by atoms with van der Waals surface area (Å²) < 4.78 is 36.2. The van der Waals surface area contributed by atoms with Crippen LogP contribution in [0.4, 0.5) is 14.5 Å². The smallest absolute Gasteiger partial charge is 0.283 e. The van der Waals surface area contributed by atoms with Crippen LogP contribution in [0.15, 0.2) is 106 Å². The van der Waals surface area contributed by atoms with Crippen molar-refractivity contribution in [2.75, 3.05) is 7.11 Å². The molecule has 13 heteroatoms. The SMILES string of the molecule is C=CN1C=C(c2c(F)ccc(N=[N+]([O-])C(/C=C(Cl)\C=C\CCC)=C(/C)OC)c2F)C=C/C1=C(/CCC)C1=CNN(PI)N1. The van der Waals surface area contributed by atoms with E-state index in [9.17, 15) is 5.21 Å². The zero-order chi connectivity index (χ0) is 31.5. The van der Waals surface area contributed by atoms with Gasteiger partial charge in [0.25, 0.3) is 5.70 Å². The summed E-state index contributed by atoms with van der Waals surface area (Å²) in [5.74, 6) is -1.57. The van der Waals surface area contributed by atoms with Gasteiger partial charge in [0.2, 0.25) is 0 Å². The number of benzene rings is 1. The van der Waals surface area contributed by atoms with Gasteiger partial charge in [-0.15, -0.1) is 4.89 Å². The van der Waals surface area contributed by atoms with E-state index in [1.165, 1.54) is 13.2 Å². The van der Waals surface area contributed by atoms with Crippen LogP contribution in [0, 0.1) is 16.8 Å². The molecule has 2 heterocycles. The predicted octanol–water partition coefficient (Wildman–Crippen LogP) is 9.44. The lowest BCUT2D eigenvalue weighted by molar-refractivity contribution is -0.470. The first-order valence-corrected chi connectivity index (χ1v) is 18.0. The standard InChI is InChI=1S/C30H35ClF2IN6O2P/c1-6-9-10-12-22(31)17-28(20(4)42-5)39(41)36-25-15-14-24(32)29(30(25)33)21-13-16-27(38(8-3)19-21)23(11-7-2)26-18-35-40(37-26)43-34/h8,10,12-19,35,37,43H,3,6-7,9,11H2,1-2,4-5H3/b12-10+,22-17+,27-23+,28-20-,39-36?. The van der Waals surface area contributed by atoms with Gasteiger partial charge in [-0.1, -0.05) is 57.0 Å². The lowest BCUT2D eigenvalue weighted by atomic mass is 9.98. The lowest BCUT2D eigenvalue weighted by Crippen LogP contribution is -2.30. The third kappa shape index (κ3) is 8.78. The average Bonchev–Trinajstić information content (AvgIpc) is 3.49. The first-order chi connectivity index (χ1) is 20.7. The molecule has 0 saturated heterocycles. The van der Waals surface area contributed by atoms with Crippen molar-refractivity contribution in [2.45, 2.75) is 46.5 Å². The molecule has 0 aromatic heterocycles. The van der Waals surface area contributed by atoms with Crippen LogP contribution in [0.1, 0.15) is 52.0 Å². The quantitative estimate of drug-likeness (QED) is 0.0399. The van der Waals surface area contributed by atoms with Gasteiger partial charge in [-0.3, -0.25) is 5.43 Å². The van der Waals surface area contributed by atoms with Crippen molar-refractivity contribution >= 4 is 51.3 Å². The number of ether oxygens (including phenoxy) is 1. The number of allylic oxidation sites excluding steroid dienone is 9. The first-order valence-electron chi connectivity index (χ1n) is 13.6. The molecular weight excluding hydrogens is 708 g/mol. The van der Waals surface area contributed by atoms with Crippen molar-refractivity contribution in [3.63, 3.8) is 0 Å². The third-order valence-electron chi connectivity index (χ3n) is 6.40. The van der Waals surface area contributed by atoms with E-state index in [2.05, 4.69) is 51.5 Å². The Bertz CT molecular complexity index is 1470. The van der Waals surface area contributed by atoms with Gasteiger partial charge in [-0.25, -0.2) is 8.78 Å². The minimum absolute atomic E-state index is 0.0299. The van der Waals surface area contributed by atoms with Gasteiger partial charge >= 0.3 is 0 Å². The monoisotopic (exact) mass is 742 g/mol. The van der Waals surface area contributed by atoms with Crippen LogP contribution in [-0.4, -0.2) is 21.8 Å². The number of azo groups is 1. The molecule has 0 radical (unpaired) electrons. The van der Waals surface area contributed by atoms with E-state index in [1.807, 2.05) is 24.1 Å². The van der Waals surface area contributed by atoms with E-state index >= 15 is 8.78 Å². The van der Waals surface area contributed by atoms with Gasteiger partial charge < -0.3 is 20.3 Å². The highest BCUT2D eigenvalue weighted by molar-refractivity contribution is 14.2. The predicted molar refractivity (Wildman–Crippen MR) is 179 cm³/mol. The molecule has 1 unspecified atom stereocenters. The van der Waals surface area contributed by atoms with E-state index < -0.39 is 11.6 Å². The van der Waals surface area contributed by atoms with Crippen molar-refractivity contribution in [2.24, 2.45) is 5.11 Å². The van der Waals surface area contributed by atoms with E-state index in [4.69, 9.17) is 16.3 Å². The Morgan fingerprint density at radius 2 is 2.05 bits per heavy atom. The molecule has 1 aromatic rings. The van der Waals surface area contributed by atoms with Gasteiger partial charge in [0, 0.05) is 52.9 Å². The van der Waals surface area contributed by atoms with Crippen LogP contribution < -0.4 is 10.9 Å². The Labute approximate surface area is 271 Å². The maximum atomic E-state index is 15.9. The van der Waals surface area contributed by atoms with E-state index in [0.717, 1.165) is 54.8 Å². The van der Waals surface area contributed by atoms with Crippen molar-refractivity contribution in [3.05, 3.63) is 124 Å². The molecule has 2 N–H and O–H groups in total. The number of unbranched alkanes of at least 4 members (excludes halogenated alkanes) is 1. The number of hydrogen-bond donors (Lipinski definition) is 2. The molecule has 0 amide bonds. The molecule has 1 atom stereocenters. The third-order valence-corrected chi connectivity index (χ3v) is 8.49. The highest BCUT2D eigenvalue weighted by atomic mass is 127. The Morgan fingerprint density at radius 3 is 2.67 bits per heavy atom. The van der Waals surface area contributed by atoms with E-state index in [-0.39, 0.29) is 38.2 Å². The number of hydrogen-bond acceptors (Lipinski definition) is 7. The second kappa shape index (κ2) is 16.7. The lowest BCUT2D eigenvalue weighted by Gasteiger charge is -2.26. The van der Waals surface area contributed by atoms with Gasteiger partial charge in [0.15, 0.2) is 17.3 Å². The van der Waals surface area contributed by atoms with Crippen LogP contribution in [0.3, 0.4) is 0 Å². The molecule has 43 heavy (non-hydrogen) atoms. The zero-order valence-corrected chi connectivity index (χ0v) is 28.3. The number of rotatable bonds is 13. The fourth-order valence-electron chi connectivity index (χ4n) is 4.21. The van der Waals surface area contributed by atoms with E-state index in [0.29, 0.717) is 6.37 Å². The molecule has 2 aliphatic heterocycles. The number of nitrogens with zero attached hydrogens (tertiary/aromatic N) is 4. The summed E-state index contributed by atoms with van der Waals surface area (Å²) >= 11 is 8.55. The number of hydrazine groups is 2. The molecule has 230 valence electrons. The molecule has 0 bridgehead atoms. The fraction of sp³-hybridized carbons (Fsp3) is 0.267. The van der Waals surface area contributed by atoms with Crippen molar-refractivity contribution in [1.82, 2.24) is 20.6 Å². The van der Waals surface area contributed by atoms with Crippen molar-refractivity contribution in [3.8, 4) is 0 Å². The van der Waals surface area contributed by atoms with Gasteiger partial charge in [-0.05, 0) is 64.0 Å². The van der Waals surface area contributed by atoms with Crippen LogP contribution in [0.2, 0.25) is 0 Å². The summed E-state index contributed by atoms with van der Waals surface area (Å²) in [5, 5.41) is 17.3. The molecule has 3 rings (SSSR count). The summed E-state index contributed by atoms with van der Waals surface area (Å²) in [5.41, 5.74) is 8.75. The summed E-state index contributed by atoms with van der Waals surface area (Å²) in [6.45, 7) is 9.58. The van der Waals surface area contributed by atoms with Crippen LogP contribution in [-0.2, 0) is 4.74 Å². The number of hydroxylamine groups is 1. The van der Waals surface area contributed by atoms with Gasteiger partial charge in [-0.2, -0.15) is 0 Å². The van der Waals surface area contributed by atoms with Crippen LogP contribution >= 0.6 is 40.0 Å². The van der Waals surface area contributed by atoms with Gasteiger partial charge in [0.1, 0.15) is 5.82 Å².